The standard InChI is InChI=1S/C51H65N5O16S/c1-48(2,3)68-45(60)53-44(54-46(61)69-49(4,5)6)52-39-25-23-37(24-26-39)43(59)67-40-27-21-34(22-28-40)30-56(47(62)65-32-35-17-14-13-15-18-35)73(63,64)55(31-36-19-16-20-38(29-36)42(57)58)41(70-72-51(10,11)12)33-66-71-50(7,8)9/h13-29,41H,30-33H2,1-12H3,(H,57,58)(H2,52,53,54,60,61)/t41-/m0/s1. The first-order valence-corrected chi connectivity index (χ1v) is 24.2. The summed E-state index contributed by atoms with van der Waals surface area (Å²) in [6, 6.07) is 25.4. The van der Waals surface area contributed by atoms with Gasteiger partial charge in [0.1, 0.15) is 30.2 Å². The minimum atomic E-state index is -5.08. The van der Waals surface area contributed by atoms with Crippen molar-refractivity contribution in [1.82, 2.24) is 19.2 Å². The van der Waals surface area contributed by atoms with Crippen molar-refractivity contribution in [2.75, 3.05) is 6.61 Å². The summed E-state index contributed by atoms with van der Waals surface area (Å²) in [7, 11) is -5.08. The molecular weight excluding hydrogens is 971 g/mol. The van der Waals surface area contributed by atoms with Crippen molar-refractivity contribution in [1.29, 1.82) is 0 Å². The number of ether oxygens (including phenoxy) is 4. The average Bonchev–Trinajstić information content (AvgIpc) is 3.27. The molecule has 0 aromatic heterocycles. The molecule has 3 N–H and O–H groups in total. The second kappa shape index (κ2) is 25.1. The molecule has 0 bridgehead atoms. The van der Waals surface area contributed by atoms with Crippen molar-refractivity contribution < 1.29 is 76.0 Å². The van der Waals surface area contributed by atoms with E-state index in [9.17, 15) is 29.1 Å². The lowest BCUT2D eigenvalue weighted by Gasteiger charge is -2.35. The molecule has 4 rings (SSSR count). The molecule has 0 heterocycles. The maximum atomic E-state index is 15.2. The number of carbonyl (C=O) groups excluding carboxylic acids is 4. The molecule has 1 atom stereocenters. The Hall–Kier alpha value is -6.95. The normalized spacial score (nSPS) is 12.5. The fourth-order valence-electron chi connectivity index (χ4n) is 5.78. The van der Waals surface area contributed by atoms with Crippen molar-refractivity contribution in [3.05, 3.63) is 131 Å². The van der Waals surface area contributed by atoms with E-state index in [2.05, 4.69) is 15.6 Å². The van der Waals surface area contributed by atoms with E-state index in [4.69, 9.17) is 38.5 Å². The second-order valence-corrected chi connectivity index (χ2v) is 21.9. The smallest absolute Gasteiger partial charge is 0.425 e. The molecule has 396 valence electrons. The van der Waals surface area contributed by atoms with E-state index in [0.717, 1.165) is 4.31 Å². The number of carboxylic acids is 1. The van der Waals surface area contributed by atoms with Crippen molar-refractivity contribution in [3.8, 4) is 5.75 Å². The summed E-state index contributed by atoms with van der Waals surface area (Å²) >= 11 is 0. The molecule has 21 nitrogen and oxygen atoms in total. The number of nitrogens with one attached hydrogen (secondary N) is 2. The van der Waals surface area contributed by atoms with Gasteiger partial charge in [-0.3, -0.25) is 10.6 Å². The summed E-state index contributed by atoms with van der Waals surface area (Å²) in [5.74, 6) is -2.32. The van der Waals surface area contributed by atoms with Crippen LogP contribution in [0.15, 0.2) is 108 Å². The molecule has 0 fully saturated rings. The molecule has 0 spiro atoms. The van der Waals surface area contributed by atoms with Crippen LogP contribution in [0.2, 0.25) is 0 Å². The van der Waals surface area contributed by atoms with Crippen molar-refractivity contribution >= 4 is 52.1 Å². The van der Waals surface area contributed by atoms with Crippen LogP contribution in [0.4, 0.5) is 20.1 Å². The van der Waals surface area contributed by atoms with Gasteiger partial charge >= 0.3 is 40.4 Å². The Bertz CT molecular complexity index is 2620. The van der Waals surface area contributed by atoms with E-state index >= 15 is 8.42 Å². The topological polar surface area (TPSA) is 256 Å². The molecule has 0 radical (unpaired) electrons. The lowest BCUT2D eigenvalue weighted by molar-refractivity contribution is -0.423. The molecule has 0 unspecified atom stereocenters. The number of amides is 3. The van der Waals surface area contributed by atoms with E-state index in [1.165, 1.54) is 72.8 Å². The van der Waals surface area contributed by atoms with Crippen molar-refractivity contribution in [3.63, 3.8) is 0 Å². The molecule has 0 saturated carbocycles. The average molecular weight is 1040 g/mol. The predicted molar refractivity (Wildman–Crippen MR) is 266 cm³/mol. The number of esters is 1. The maximum absolute atomic E-state index is 15.2. The Morgan fingerprint density at radius 3 is 1.73 bits per heavy atom. The van der Waals surface area contributed by atoms with Crippen LogP contribution in [-0.2, 0) is 63.7 Å². The fraction of sp³-hybridized carbons (Fsp3) is 0.412. The van der Waals surface area contributed by atoms with Crippen molar-refractivity contribution in [2.45, 2.75) is 131 Å². The van der Waals surface area contributed by atoms with E-state index in [-0.39, 0.29) is 46.3 Å². The summed E-state index contributed by atoms with van der Waals surface area (Å²) in [5.41, 5.74) is -2.38. The van der Waals surface area contributed by atoms with E-state index < -0.39 is 88.8 Å². The van der Waals surface area contributed by atoms with Gasteiger partial charge in [0.25, 0.3) is 0 Å². The van der Waals surface area contributed by atoms with Crippen LogP contribution in [0.25, 0.3) is 0 Å². The van der Waals surface area contributed by atoms with Crippen LogP contribution in [0, 0.1) is 0 Å². The number of nitrogens with zero attached hydrogens (tertiary/aromatic N) is 3. The number of rotatable bonds is 18. The zero-order valence-corrected chi connectivity index (χ0v) is 43.9. The first-order chi connectivity index (χ1) is 33.9. The first kappa shape index (κ1) is 58.6. The Balaban J connectivity index is 1.66. The number of carbonyl (C=O) groups is 5. The largest absolute Gasteiger partial charge is 0.478 e. The molecule has 3 amide bonds. The molecule has 0 saturated heterocycles. The van der Waals surface area contributed by atoms with Gasteiger partial charge in [0, 0.05) is 6.54 Å². The number of aliphatic imine (C=N–C) groups is 1. The number of hydrogen-bond acceptors (Lipinski definition) is 16. The van der Waals surface area contributed by atoms with E-state index in [1.807, 2.05) is 0 Å². The Morgan fingerprint density at radius 2 is 1.19 bits per heavy atom. The summed E-state index contributed by atoms with van der Waals surface area (Å²) in [5, 5.41) is 14.5. The minimum Gasteiger partial charge on any atom is -0.478 e. The lowest BCUT2D eigenvalue weighted by atomic mass is 10.1. The Kier molecular flexibility index (Phi) is 20.2. The molecule has 0 aliphatic rings. The number of carboxylic acid groups (broad SMARTS) is 1. The number of benzene rings is 4. The zero-order chi connectivity index (χ0) is 54.4. The zero-order valence-electron chi connectivity index (χ0n) is 43.0. The van der Waals surface area contributed by atoms with Gasteiger partial charge in [0.15, 0.2) is 6.23 Å². The van der Waals surface area contributed by atoms with E-state index in [1.54, 1.807) is 113 Å². The fourth-order valence-corrected chi connectivity index (χ4v) is 7.30. The Labute approximate surface area is 425 Å². The van der Waals surface area contributed by atoms with E-state index in [0.29, 0.717) is 9.87 Å². The SMILES string of the molecule is CC(C)(C)OOC[C@H](OOC(C)(C)C)N(Cc1cccc(C(=O)O)c1)S(=O)(=O)N(Cc1ccc(OC(=O)c2ccc(N=C(NC(=O)OC(C)(C)C)NC(=O)OC(C)(C)C)cc2)cc1)C(=O)OCc1ccccc1. The van der Waals surface area contributed by atoms with Crippen LogP contribution in [0.3, 0.4) is 0 Å². The van der Waals surface area contributed by atoms with Crippen LogP contribution < -0.4 is 15.4 Å². The van der Waals surface area contributed by atoms with Gasteiger partial charge in [-0.25, -0.2) is 48.5 Å². The van der Waals surface area contributed by atoms with Gasteiger partial charge in [0.2, 0.25) is 5.96 Å². The third kappa shape index (κ3) is 21.0. The second-order valence-electron chi connectivity index (χ2n) is 20.1. The minimum absolute atomic E-state index is 0.0473. The van der Waals surface area contributed by atoms with Gasteiger partial charge < -0.3 is 24.1 Å². The summed E-state index contributed by atoms with van der Waals surface area (Å²) in [4.78, 5) is 91.2. The van der Waals surface area contributed by atoms with Crippen LogP contribution >= 0.6 is 0 Å². The molecule has 0 aliphatic carbocycles. The quantitative estimate of drug-likeness (QED) is 0.0123. The van der Waals surface area contributed by atoms with Crippen LogP contribution in [0.5, 0.6) is 5.75 Å². The monoisotopic (exact) mass is 1040 g/mol. The number of aromatic carboxylic acids is 1. The van der Waals surface area contributed by atoms with Gasteiger partial charge in [0.05, 0.1) is 34.6 Å². The maximum Gasteiger partial charge on any atom is 0.425 e. The third-order valence-corrected chi connectivity index (χ3v) is 10.6. The molecule has 73 heavy (non-hydrogen) atoms. The summed E-state index contributed by atoms with van der Waals surface area (Å²) in [6.45, 7) is 18.0. The van der Waals surface area contributed by atoms with Crippen LogP contribution in [-0.4, -0.2) is 93.6 Å². The number of guanidine groups is 1. The molecule has 4 aromatic rings. The number of hydrogen-bond donors (Lipinski definition) is 3. The molecule has 4 aromatic carbocycles. The number of alkyl carbamates (subject to hydrolysis) is 2. The summed E-state index contributed by atoms with van der Waals surface area (Å²) in [6.07, 6.45) is -4.73. The van der Waals surface area contributed by atoms with Gasteiger partial charge in [-0.05, 0) is 148 Å². The highest BCUT2D eigenvalue weighted by atomic mass is 32.2. The molecule has 22 heteroatoms. The van der Waals surface area contributed by atoms with Crippen LogP contribution in [0.1, 0.15) is 120 Å². The Morgan fingerprint density at radius 1 is 0.630 bits per heavy atom. The first-order valence-electron chi connectivity index (χ1n) is 22.8. The van der Waals surface area contributed by atoms with Gasteiger partial charge in [-0.15, -0.1) is 4.31 Å². The third-order valence-electron chi connectivity index (χ3n) is 8.79. The molecular formula is C51H65N5O16S. The van der Waals surface area contributed by atoms with Gasteiger partial charge in [-0.1, -0.05) is 54.6 Å². The summed E-state index contributed by atoms with van der Waals surface area (Å²) < 4.78 is 53.3. The van der Waals surface area contributed by atoms with Gasteiger partial charge in [-0.2, -0.15) is 12.7 Å². The highest BCUT2D eigenvalue weighted by Gasteiger charge is 2.41. The lowest BCUT2D eigenvalue weighted by Crippen LogP contribution is -2.52. The van der Waals surface area contributed by atoms with Crippen molar-refractivity contribution in [2.24, 2.45) is 4.99 Å². The molecule has 0 aliphatic heterocycles. The highest BCUT2D eigenvalue weighted by molar-refractivity contribution is 7.87. The highest BCUT2D eigenvalue weighted by Crippen LogP contribution is 2.26. The predicted octanol–water partition coefficient (Wildman–Crippen LogP) is 9.35.